The topological polar surface area (TPSA) is 99.7 Å². The van der Waals surface area contributed by atoms with Gasteiger partial charge >= 0.3 is 11.6 Å². The molecule has 3 rings (SSSR count). The maximum atomic E-state index is 12.7. The number of para-hydroxylation sites is 1. The molecule has 0 fully saturated rings. The van der Waals surface area contributed by atoms with Crippen LogP contribution in [-0.4, -0.2) is 10.9 Å². The van der Waals surface area contributed by atoms with Crippen molar-refractivity contribution in [2.45, 2.75) is 33.1 Å². The number of hydrogen-bond acceptors (Lipinski definition) is 6. The monoisotopic (exact) mass is 381 g/mol. The smallest absolute Gasteiger partial charge is 0.343 e. The molecule has 7 nitrogen and oxygen atoms in total. The largest absolute Gasteiger partial charge is 0.422 e. The van der Waals surface area contributed by atoms with Crippen LogP contribution in [-0.2, 0) is 6.42 Å². The Morgan fingerprint density at radius 3 is 2.68 bits per heavy atom. The van der Waals surface area contributed by atoms with E-state index in [9.17, 15) is 19.7 Å². The average Bonchev–Trinajstić information content (AvgIpc) is 2.67. The normalized spacial score (nSPS) is 10.8. The number of carbonyl (C=O) groups excluding carboxylic acids is 1. The quantitative estimate of drug-likeness (QED) is 0.268. The second-order valence-electron chi connectivity index (χ2n) is 6.44. The van der Waals surface area contributed by atoms with Gasteiger partial charge in [-0.05, 0) is 38.0 Å². The number of aryl methyl sites for hydroxylation is 1. The molecule has 0 aliphatic rings. The van der Waals surface area contributed by atoms with Crippen molar-refractivity contribution in [3.05, 3.63) is 79.7 Å². The van der Waals surface area contributed by atoms with Gasteiger partial charge in [-0.25, -0.2) is 9.59 Å². The molecule has 0 saturated heterocycles. The van der Waals surface area contributed by atoms with Crippen LogP contribution in [0.1, 0.15) is 41.3 Å². The van der Waals surface area contributed by atoms with Gasteiger partial charge in [0.2, 0.25) is 0 Å². The van der Waals surface area contributed by atoms with E-state index < -0.39 is 16.5 Å². The van der Waals surface area contributed by atoms with Crippen molar-refractivity contribution in [1.82, 2.24) is 0 Å². The Morgan fingerprint density at radius 1 is 1.21 bits per heavy atom. The van der Waals surface area contributed by atoms with Crippen LogP contribution in [0.2, 0.25) is 0 Å². The van der Waals surface area contributed by atoms with Gasteiger partial charge in [-0.15, -0.1) is 0 Å². The van der Waals surface area contributed by atoms with Gasteiger partial charge in [0.05, 0.1) is 21.4 Å². The van der Waals surface area contributed by atoms with Gasteiger partial charge in [-0.1, -0.05) is 31.5 Å². The highest BCUT2D eigenvalue weighted by Crippen LogP contribution is 2.30. The molecule has 0 radical (unpaired) electrons. The van der Waals surface area contributed by atoms with E-state index in [0.29, 0.717) is 23.0 Å². The number of carbonyl (C=O) groups is 1. The van der Waals surface area contributed by atoms with Gasteiger partial charge in [-0.3, -0.25) is 10.1 Å². The molecule has 0 unspecified atom stereocenters. The van der Waals surface area contributed by atoms with Gasteiger partial charge in [0.25, 0.3) is 5.69 Å². The zero-order valence-electron chi connectivity index (χ0n) is 15.6. The molecule has 144 valence electrons. The van der Waals surface area contributed by atoms with E-state index in [1.807, 2.05) is 6.92 Å². The third kappa shape index (κ3) is 3.78. The Balaban J connectivity index is 2.08. The molecule has 0 spiro atoms. The van der Waals surface area contributed by atoms with E-state index in [2.05, 4.69) is 0 Å². The number of nitro benzene ring substituents is 1. The minimum absolute atomic E-state index is 0.0380. The second-order valence-corrected chi connectivity index (χ2v) is 6.44. The first-order valence-electron chi connectivity index (χ1n) is 8.94. The van der Waals surface area contributed by atoms with Crippen molar-refractivity contribution in [1.29, 1.82) is 0 Å². The zero-order chi connectivity index (χ0) is 20.3. The third-order valence-corrected chi connectivity index (χ3v) is 4.47. The number of rotatable bonds is 6. The molecule has 0 aliphatic heterocycles. The minimum Gasteiger partial charge on any atom is -0.422 e. The number of nitrogens with zero attached hydrogens (tertiary/aromatic N) is 1. The van der Waals surface area contributed by atoms with E-state index in [1.54, 1.807) is 31.2 Å². The summed E-state index contributed by atoms with van der Waals surface area (Å²) >= 11 is 0. The number of ether oxygens (including phenoxy) is 1. The Morgan fingerprint density at radius 2 is 1.96 bits per heavy atom. The molecule has 0 bridgehead atoms. The lowest BCUT2D eigenvalue weighted by Crippen LogP contribution is -2.16. The second kappa shape index (κ2) is 8.04. The molecule has 3 aromatic rings. The predicted molar refractivity (Wildman–Crippen MR) is 104 cm³/mol. The number of fused-ring (bicyclic) bond motifs is 1. The fourth-order valence-electron chi connectivity index (χ4n) is 2.93. The number of nitro groups is 1. The fraction of sp³-hybridized carbons (Fsp3) is 0.238. The molecule has 1 aromatic heterocycles. The van der Waals surface area contributed by atoms with Gasteiger partial charge in [-0.2, -0.15) is 0 Å². The molecule has 0 saturated carbocycles. The number of unbranched alkanes of at least 4 members (excludes halogenated alkanes) is 1. The molecule has 28 heavy (non-hydrogen) atoms. The maximum Gasteiger partial charge on any atom is 0.343 e. The zero-order valence-corrected chi connectivity index (χ0v) is 15.6. The van der Waals surface area contributed by atoms with Crippen LogP contribution in [0.15, 0.2) is 51.7 Å². The van der Waals surface area contributed by atoms with E-state index in [1.165, 1.54) is 18.2 Å². The van der Waals surface area contributed by atoms with Gasteiger partial charge in [0.1, 0.15) is 5.58 Å². The number of hydrogen-bond donors (Lipinski definition) is 0. The molecule has 2 aromatic carbocycles. The Labute approximate surface area is 160 Å². The van der Waals surface area contributed by atoms with Crippen molar-refractivity contribution in [3.63, 3.8) is 0 Å². The van der Waals surface area contributed by atoms with Crippen molar-refractivity contribution in [2.75, 3.05) is 0 Å². The van der Waals surface area contributed by atoms with Crippen molar-refractivity contribution in [2.24, 2.45) is 0 Å². The number of benzene rings is 2. The SMILES string of the molecule is CCCCc1c(OC(=O)c2ccc(C)c([N+](=O)[O-])c2)c2ccccc2oc1=O. The molecule has 0 atom stereocenters. The Bertz CT molecular complexity index is 1120. The van der Waals surface area contributed by atoms with Crippen LogP contribution in [0.5, 0.6) is 5.75 Å². The van der Waals surface area contributed by atoms with Crippen LogP contribution >= 0.6 is 0 Å². The molecule has 0 aliphatic carbocycles. The van der Waals surface area contributed by atoms with Crippen LogP contribution in [0, 0.1) is 17.0 Å². The Hall–Kier alpha value is -3.48. The predicted octanol–water partition coefficient (Wildman–Crippen LogP) is 4.57. The van der Waals surface area contributed by atoms with E-state index in [-0.39, 0.29) is 22.6 Å². The molecule has 0 N–H and O–H groups in total. The third-order valence-electron chi connectivity index (χ3n) is 4.47. The number of esters is 1. The summed E-state index contributed by atoms with van der Waals surface area (Å²) in [5, 5.41) is 11.6. The van der Waals surface area contributed by atoms with Crippen LogP contribution in [0.3, 0.4) is 0 Å². The van der Waals surface area contributed by atoms with E-state index in [0.717, 1.165) is 12.8 Å². The summed E-state index contributed by atoms with van der Waals surface area (Å²) in [6.07, 6.45) is 1.98. The van der Waals surface area contributed by atoms with E-state index in [4.69, 9.17) is 9.15 Å². The summed E-state index contributed by atoms with van der Waals surface area (Å²) in [5.41, 5.74) is 0.357. The van der Waals surface area contributed by atoms with Crippen molar-refractivity contribution in [3.8, 4) is 5.75 Å². The highest BCUT2D eigenvalue weighted by atomic mass is 16.6. The van der Waals surface area contributed by atoms with Crippen LogP contribution in [0.4, 0.5) is 5.69 Å². The lowest BCUT2D eigenvalue weighted by Gasteiger charge is -2.12. The standard InChI is InChI=1S/C21H19NO6/c1-3-4-7-16-19(15-8-5-6-9-18(15)27-21(16)24)28-20(23)14-11-10-13(2)17(12-14)22(25)26/h5-6,8-12H,3-4,7H2,1-2H3. The Kier molecular flexibility index (Phi) is 5.54. The fourth-order valence-corrected chi connectivity index (χ4v) is 2.93. The van der Waals surface area contributed by atoms with Gasteiger partial charge in [0.15, 0.2) is 5.75 Å². The molecular formula is C21H19NO6. The van der Waals surface area contributed by atoms with Gasteiger partial charge < -0.3 is 9.15 Å². The molecule has 7 heteroatoms. The average molecular weight is 381 g/mol. The summed E-state index contributed by atoms with van der Waals surface area (Å²) in [5.74, 6) is -0.620. The summed E-state index contributed by atoms with van der Waals surface area (Å²) in [6.45, 7) is 3.58. The summed E-state index contributed by atoms with van der Waals surface area (Å²) in [6, 6.07) is 10.9. The highest BCUT2D eigenvalue weighted by molar-refractivity contribution is 5.95. The lowest BCUT2D eigenvalue weighted by atomic mass is 10.1. The summed E-state index contributed by atoms with van der Waals surface area (Å²) < 4.78 is 10.9. The van der Waals surface area contributed by atoms with Crippen LogP contribution in [0.25, 0.3) is 11.0 Å². The molecule has 0 amide bonds. The van der Waals surface area contributed by atoms with Gasteiger partial charge in [0, 0.05) is 11.6 Å². The first-order valence-corrected chi connectivity index (χ1v) is 8.94. The minimum atomic E-state index is -0.767. The first-order chi connectivity index (χ1) is 13.4. The van der Waals surface area contributed by atoms with Crippen LogP contribution < -0.4 is 10.4 Å². The maximum absolute atomic E-state index is 12.7. The van der Waals surface area contributed by atoms with Crippen molar-refractivity contribution >= 4 is 22.6 Å². The molecule has 1 heterocycles. The summed E-state index contributed by atoms with van der Waals surface area (Å²) in [7, 11) is 0. The van der Waals surface area contributed by atoms with E-state index >= 15 is 0 Å². The summed E-state index contributed by atoms with van der Waals surface area (Å²) in [4.78, 5) is 35.7. The first kappa shape index (κ1) is 19.3. The highest BCUT2D eigenvalue weighted by Gasteiger charge is 2.21. The van der Waals surface area contributed by atoms with Crippen molar-refractivity contribution < 1.29 is 18.9 Å². The lowest BCUT2D eigenvalue weighted by molar-refractivity contribution is -0.385. The molecular weight excluding hydrogens is 362 g/mol.